The van der Waals surface area contributed by atoms with Gasteiger partial charge in [-0.05, 0) is 0 Å². The summed E-state index contributed by atoms with van der Waals surface area (Å²) < 4.78 is 31.3. The van der Waals surface area contributed by atoms with Crippen LogP contribution in [0.25, 0.3) is 5.57 Å². The van der Waals surface area contributed by atoms with Crippen LogP contribution in [0.5, 0.6) is 0 Å². The Labute approximate surface area is 134 Å². The van der Waals surface area contributed by atoms with Crippen molar-refractivity contribution in [2.24, 2.45) is 0 Å². The third-order valence-corrected chi connectivity index (χ3v) is 4.61. The molecule has 2 aliphatic heterocycles. The fourth-order valence-electron chi connectivity index (χ4n) is 3.88. The van der Waals surface area contributed by atoms with E-state index in [2.05, 4.69) is 0 Å². The van der Waals surface area contributed by atoms with Gasteiger partial charge < -0.3 is 0 Å². The first-order valence-electron chi connectivity index (χ1n) is 7.67. The van der Waals surface area contributed by atoms with E-state index in [1.165, 1.54) is 0 Å². The summed E-state index contributed by atoms with van der Waals surface area (Å²) in [6, 6.07) is 1.73. The van der Waals surface area contributed by atoms with Gasteiger partial charge in [0.1, 0.15) is 0 Å². The molecule has 1 atom stereocenters. The number of aromatic nitrogens is 1. The number of allylic oxidation sites excluding steroid dienone is 2. The predicted molar refractivity (Wildman–Crippen MR) is 85.6 cm³/mol. The second-order valence-electron chi connectivity index (χ2n) is 6.34. The van der Waals surface area contributed by atoms with Crippen molar-refractivity contribution >= 4 is 23.9 Å². The van der Waals surface area contributed by atoms with Crippen molar-refractivity contribution in [2.75, 3.05) is 0 Å². The van der Waals surface area contributed by atoms with Gasteiger partial charge in [0, 0.05) is 0 Å². The second kappa shape index (κ2) is 5.04. The third-order valence-electron chi connectivity index (χ3n) is 4.61. The predicted octanol–water partition coefficient (Wildman–Crippen LogP) is 2.76. The summed E-state index contributed by atoms with van der Waals surface area (Å²) in [5, 5.41) is 9.02. The quantitative estimate of drug-likeness (QED) is 0.688. The van der Waals surface area contributed by atoms with Crippen LogP contribution in [0.15, 0.2) is 11.8 Å². The molecule has 2 aliphatic rings. The fraction of sp³-hybridized carbons (Fsp3) is 0.500. The third kappa shape index (κ3) is 2.16. The van der Waals surface area contributed by atoms with Crippen molar-refractivity contribution in [2.45, 2.75) is 52.6 Å². The molecule has 23 heavy (non-hydrogen) atoms. The van der Waals surface area contributed by atoms with E-state index in [9.17, 15) is 4.79 Å². The normalized spacial score (nSPS) is 21.7. The Morgan fingerprint density at radius 1 is 1.39 bits per heavy atom. The zero-order valence-electron chi connectivity index (χ0n) is 13.7. The van der Waals surface area contributed by atoms with Crippen LogP contribution < -0.4 is 0 Å². The van der Waals surface area contributed by atoms with Crippen LogP contribution in [-0.4, -0.2) is 38.9 Å². The Morgan fingerprint density at radius 3 is 2.65 bits per heavy atom. The molecule has 0 fully saturated rings. The van der Waals surface area contributed by atoms with Crippen LogP contribution in [0.4, 0.5) is 8.78 Å². The molecule has 0 aliphatic carbocycles. The van der Waals surface area contributed by atoms with E-state index in [-0.39, 0.29) is 12.8 Å². The maximum atomic E-state index is 15.1. The number of nitrogens with zero attached hydrogens (tertiary/aromatic N) is 2. The molecule has 3 rings (SSSR count). The number of alkyl halides is 2. The van der Waals surface area contributed by atoms with Gasteiger partial charge >= 0.3 is 133 Å². The van der Waals surface area contributed by atoms with Crippen LogP contribution in [-0.2, 0) is 11.0 Å². The monoisotopic (exact) mass is 320 g/mol. The van der Waals surface area contributed by atoms with E-state index in [1.54, 1.807) is 33.8 Å². The standard InChI is InChI=1S/C16H19BF2N2O2/c1-8-7-9(2)20-14(8)12(5-6-13(22)23)15-10(3)17-11(4)21(15)16(20,18)19/h7,11H,5-6H2,1-4H3,(H,22,23). The number of halogens is 2. The minimum atomic E-state index is -3.16. The van der Waals surface area contributed by atoms with Gasteiger partial charge in [0.25, 0.3) is 0 Å². The van der Waals surface area contributed by atoms with E-state index in [0.717, 1.165) is 20.5 Å². The summed E-state index contributed by atoms with van der Waals surface area (Å²) in [4.78, 5) is 12.1. The number of aryl methyl sites for hydroxylation is 2. The Morgan fingerprint density at radius 2 is 2.04 bits per heavy atom. The number of carboxylic acid groups (broad SMARTS) is 1. The van der Waals surface area contributed by atoms with Crippen molar-refractivity contribution in [3.05, 3.63) is 28.7 Å². The zero-order chi connectivity index (χ0) is 17.1. The van der Waals surface area contributed by atoms with Crippen LogP contribution in [0.2, 0.25) is 0 Å². The van der Waals surface area contributed by atoms with E-state index in [1.807, 2.05) is 6.92 Å². The van der Waals surface area contributed by atoms with Crippen LogP contribution >= 0.6 is 0 Å². The first-order valence-corrected chi connectivity index (χ1v) is 7.67. The number of fused-ring (bicyclic) bond motifs is 2. The average Bonchev–Trinajstić information content (AvgIpc) is 2.88. The number of carboxylic acids is 1. The van der Waals surface area contributed by atoms with Gasteiger partial charge in [-0.1, -0.05) is 0 Å². The van der Waals surface area contributed by atoms with Gasteiger partial charge in [0.15, 0.2) is 0 Å². The molecule has 122 valence electrons. The van der Waals surface area contributed by atoms with E-state index in [4.69, 9.17) is 5.11 Å². The Kier molecular flexibility index (Phi) is 3.50. The summed E-state index contributed by atoms with van der Waals surface area (Å²) in [5.74, 6) is -1.36. The minimum absolute atomic E-state index is 0.0798. The molecule has 0 amide bonds. The summed E-state index contributed by atoms with van der Waals surface area (Å²) in [6.45, 7) is 8.80. The molecule has 0 aromatic carbocycles. The molecular formula is C16H19BF2N2O2. The topological polar surface area (TPSA) is 45.5 Å². The molecule has 4 nitrogen and oxygen atoms in total. The summed E-state index contributed by atoms with van der Waals surface area (Å²) in [5.41, 5.74) is 3.65. The summed E-state index contributed by atoms with van der Waals surface area (Å²) in [6.07, 6.45) is -3.01. The van der Waals surface area contributed by atoms with E-state index in [0.29, 0.717) is 22.7 Å². The Balaban J connectivity index is 2.28. The Hall–Kier alpha value is -1.92. The average molecular weight is 320 g/mol. The molecule has 0 radical (unpaired) electrons. The molecule has 1 aromatic rings. The van der Waals surface area contributed by atoms with Crippen LogP contribution in [0.1, 0.15) is 43.6 Å². The van der Waals surface area contributed by atoms with Crippen molar-refractivity contribution in [3.8, 4) is 0 Å². The van der Waals surface area contributed by atoms with Gasteiger partial charge in [-0.3, -0.25) is 0 Å². The van der Waals surface area contributed by atoms with Crippen LogP contribution in [0.3, 0.4) is 0 Å². The van der Waals surface area contributed by atoms with Gasteiger partial charge in [-0.15, -0.1) is 0 Å². The molecule has 7 heteroatoms. The van der Waals surface area contributed by atoms with Crippen LogP contribution in [0, 0.1) is 13.8 Å². The molecular weight excluding hydrogens is 301 g/mol. The van der Waals surface area contributed by atoms with E-state index >= 15 is 8.78 Å². The molecule has 3 heterocycles. The molecule has 0 saturated carbocycles. The number of carbonyl (C=O) groups is 1. The van der Waals surface area contributed by atoms with E-state index < -0.39 is 18.1 Å². The van der Waals surface area contributed by atoms with Crippen molar-refractivity contribution < 1.29 is 18.7 Å². The van der Waals surface area contributed by atoms with Crippen molar-refractivity contribution in [1.82, 2.24) is 9.47 Å². The number of aliphatic carboxylic acids is 1. The summed E-state index contributed by atoms with van der Waals surface area (Å²) >= 11 is 0. The molecule has 0 bridgehead atoms. The van der Waals surface area contributed by atoms with Gasteiger partial charge in [0.2, 0.25) is 0 Å². The number of rotatable bonds is 3. The second-order valence-corrected chi connectivity index (χ2v) is 6.34. The molecule has 0 saturated heterocycles. The number of hydrogen-bond acceptors (Lipinski definition) is 2. The molecule has 1 unspecified atom stereocenters. The van der Waals surface area contributed by atoms with Gasteiger partial charge in [0.05, 0.1) is 0 Å². The SMILES string of the molecule is CC1=BC(C)N2C1=C(CCC(=O)O)c1c(C)cc(C)n1C2(F)F. The fourth-order valence-corrected chi connectivity index (χ4v) is 3.88. The van der Waals surface area contributed by atoms with Gasteiger partial charge in [-0.2, -0.15) is 0 Å². The molecule has 1 N–H and O–H groups in total. The number of hydrogen-bond donors (Lipinski definition) is 1. The Bertz CT molecular complexity index is 764. The maximum absolute atomic E-state index is 15.1. The molecule has 0 spiro atoms. The van der Waals surface area contributed by atoms with Gasteiger partial charge in [-0.25, -0.2) is 0 Å². The first kappa shape index (κ1) is 16.0. The zero-order valence-corrected chi connectivity index (χ0v) is 13.7. The first-order chi connectivity index (χ1) is 10.7. The van der Waals surface area contributed by atoms with Crippen molar-refractivity contribution in [3.63, 3.8) is 0 Å². The molecule has 1 aromatic heterocycles. The summed E-state index contributed by atoms with van der Waals surface area (Å²) in [7, 11) is 0. The van der Waals surface area contributed by atoms with Crippen molar-refractivity contribution in [1.29, 1.82) is 0 Å².